The van der Waals surface area contributed by atoms with Gasteiger partial charge in [-0.1, -0.05) is 25.1 Å². The minimum Gasteiger partial charge on any atom is -0.365 e. The molecule has 1 heterocycles. The molecule has 0 radical (unpaired) electrons. The molecule has 1 N–H and O–H groups in total. The predicted octanol–water partition coefficient (Wildman–Crippen LogP) is 3.36. The fraction of sp³-hybridized carbons (Fsp3) is 0.400. The topological polar surface area (TPSA) is 37.8 Å². The van der Waals surface area contributed by atoms with Gasteiger partial charge in [-0.05, 0) is 22.4 Å². The van der Waals surface area contributed by atoms with E-state index < -0.39 is 0 Å². The number of anilines is 1. The second-order valence-corrected chi connectivity index (χ2v) is 4.46. The van der Waals surface area contributed by atoms with Gasteiger partial charge in [-0.15, -0.1) is 0 Å². The number of nitrogens with zero attached hydrogens (tertiary/aromatic N) is 2. The first-order chi connectivity index (χ1) is 7.11. The predicted molar refractivity (Wildman–Crippen MR) is 67.2 cm³/mol. The van der Waals surface area contributed by atoms with Crippen LogP contribution >= 0.6 is 27.5 Å². The van der Waals surface area contributed by atoms with Crippen LogP contribution in [-0.2, 0) is 6.42 Å². The molecule has 3 nitrogen and oxygen atoms in total. The second-order valence-electron chi connectivity index (χ2n) is 3.11. The summed E-state index contributed by atoms with van der Waals surface area (Å²) in [6.45, 7) is 6.20. The number of hydrogen-bond donors (Lipinski definition) is 1. The molecule has 0 unspecified atom stereocenters. The summed E-state index contributed by atoms with van der Waals surface area (Å²) in [5.41, 5.74) is 0. The van der Waals surface area contributed by atoms with E-state index in [0.29, 0.717) is 11.6 Å². The largest absolute Gasteiger partial charge is 0.365 e. The summed E-state index contributed by atoms with van der Waals surface area (Å²) >= 11 is 9.00. The van der Waals surface area contributed by atoms with Gasteiger partial charge in [0.05, 0.1) is 6.54 Å². The minimum atomic E-state index is 0.510. The van der Waals surface area contributed by atoms with Gasteiger partial charge in [0.2, 0.25) is 0 Å². The lowest BCUT2D eigenvalue weighted by molar-refractivity contribution is 0.829. The lowest BCUT2D eigenvalue weighted by atomic mass is 10.3. The number of rotatable bonds is 5. The Morgan fingerprint density at radius 2 is 2.33 bits per heavy atom. The summed E-state index contributed by atoms with van der Waals surface area (Å²) in [5, 5.41) is 3.63. The molecule has 1 aromatic rings. The van der Waals surface area contributed by atoms with Crippen LogP contribution in [0.5, 0.6) is 0 Å². The molecule has 0 aliphatic heterocycles. The maximum Gasteiger partial charge on any atom is 0.132 e. The zero-order valence-electron chi connectivity index (χ0n) is 8.56. The normalized spacial score (nSPS) is 10.1. The standard InChI is InChI=1S/C10H13BrClN3/c1-3-4-9-14-8(11)5-10(15-9)13-6-7(2)12/h5H,2-4,6H2,1H3,(H,13,14,15). The molecular formula is C10H13BrClN3. The van der Waals surface area contributed by atoms with Gasteiger partial charge in [0.15, 0.2) is 0 Å². The number of nitrogens with one attached hydrogen (secondary N) is 1. The zero-order chi connectivity index (χ0) is 11.3. The maximum atomic E-state index is 5.66. The van der Waals surface area contributed by atoms with Gasteiger partial charge in [-0.2, -0.15) is 0 Å². The Morgan fingerprint density at radius 1 is 1.60 bits per heavy atom. The quantitative estimate of drug-likeness (QED) is 0.845. The molecule has 0 bridgehead atoms. The summed E-state index contributed by atoms with van der Waals surface area (Å²) in [4.78, 5) is 8.60. The van der Waals surface area contributed by atoms with Crippen molar-refractivity contribution in [2.24, 2.45) is 0 Å². The molecule has 0 fully saturated rings. The lowest BCUT2D eigenvalue weighted by Crippen LogP contribution is -2.05. The molecule has 1 rings (SSSR count). The highest BCUT2D eigenvalue weighted by Crippen LogP contribution is 2.13. The van der Waals surface area contributed by atoms with Crippen LogP contribution in [0.3, 0.4) is 0 Å². The smallest absolute Gasteiger partial charge is 0.132 e. The van der Waals surface area contributed by atoms with Crippen LogP contribution in [0.4, 0.5) is 5.82 Å². The van der Waals surface area contributed by atoms with Crippen molar-refractivity contribution in [3.63, 3.8) is 0 Å². The highest BCUT2D eigenvalue weighted by atomic mass is 79.9. The Balaban J connectivity index is 2.74. The van der Waals surface area contributed by atoms with Crippen LogP contribution in [0, 0.1) is 0 Å². The molecule has 0 amide bonds. The van der Waals surface area contributed by atoms with Crippen molar-refractivity contribution in [3.8, 4) is 0 Å². The van der Waals surface area contributed by atoms with Crippen molar-refractivity contribution in [1.82, 2.24) is 9.97 Å². The summed E-state index contributed by atoms with van der Waals surface area (Å²) < 4.78 is 0.781. The number of aromatic nitrogens is 2. The fourth-order valence-corrected chi connectivity index (χ4v) is 1.57. The molecule has 82 valence electrons. The van der Waals surface area contributed by atoms with Gasteiger partial charge in [0.1, 0.15) is 16.2 Å². The molecule has 1 aromatic heterocycles. The molecule has 0 aromatic carbocycles. The van der Waals surface area contributed by atoms with Crippen molar-refractivity contribution in [1.29, 1.82) is 0 Å². The third kappa shape index (κ3) is 4.62. The van der Waals surface area contributed by atoms with Crippen molar-refractivity contribution < 1.29 is 0 Å². The van der Waals surface area contributed by atoms with E-state index in [9.17, 15) is 0 Å². The van der Waals surface area contributed by atoms with Crippen molar-refractivity contribution in [2.75, 3.05) is 11.9 Å². The average molecular weight is 291 g/mol. The first-order valence-electron chi connectivity index (χ1n) is 4.72. The van der Waals surface area contributed by atoms with E-state index in [0.717, 1.165) is 29.1 Å². The van der Waals surface area contributed by atoms with Crippen LogP contribution in [0.2, 0.25) is 0 Å². The minimum absolute atomic E-state index is 0.510. The SMILES string of the molecule is C=C(Cl)CNc1cc(Br)nc(CCC)n1. The van der Waals surface area contributed by atoms with E-state index in [4.69, 9.17) is 11.6 Å². The van der Waals surface area contributed by atoms with Gasteiger partial charge in [-0.3, -0.25) is 0 Å². The first-order valence-corrected chi connectivity index (χ1v) is 5.89. The number of hydrogen-bond acceptors (Lipinski definition) is 3. The van der Waals surface area contributed by atoms with Crippen molar-refractivity contribution in [2.45, 2.75) is 19.8 Å². The molecule has 0 atom stereocenters. The Hall–Kier alpha value is -0.610. The van der Waals surface area contributed by atoms with E-state index in [1.165, 1.54) is 0 Å². The molecule has 5 heteroatoms. The molecule has 15 heavy (non-hydrogen) atoms. The number of halogens is 2. The number of aryl methyl sites for hydroxylation is 1. The Labute approximate surface area is 103 Å². The molecular weight excluding hydrogens is 277 g/mol. The summed E-state index contributed by atoms with van der Waals surface area (Å²) in [6.07, 6.45) is 1.90. The summed E-state index contributed by atoms with van der Waals surface area (Å²) in [6, 6.07) is 1.82. The highest BCUT2D eigenvalue weighted by Gasteiger charge is 2.02. The Bertz CT molecular complexity index is 355. The molecule has 0 saturated carbocycles. The average Bonchev–Trinajstić information content (AvgIpc) is 2.14. The van der Waals surface area contributed by atoms with Crippen LogP contribution in [0.15, 0.2) is 22.3 Å². The molecule has 0 saturated heterocycles. The van der Waals surface area contributed by atoms with Gasteiger partial charge in [-0.25, -0.2) is 9.97 Å². The fourth-order valence-electron chi connectivity index (χ4n) is 1.08. The van der Waals surface area contributed by atoms with E-state index in [2.05, 4.69) is 44.7 Å². The highest BCUT2D eigenvalue weighted by molar-refractivity contribution is 9.10. The van der Waals surface area contributed by atoms with E-state index in [1.807, 2.05) is 6.07 Å². The second kappa shape index (κ2) is 6.08. The Morgan fingerprint density at radius 3 is 2.93 bits per heavy atom. The third-order valence-electron chi connectivity index (χ3n) is 1.68. The van der Waals surface area contributed by atoms with Crippen LogP contribution in [0.1, 0.15) is 19.2 Å². The van der Waals surface area contributed by atoms with E-state index in [-0.39, 0.29) is 0 Å². The first kappa shape index (κ1) is 12.5. The van der Waals surface area contributed by atoms with Crippen LogP contribution < -0.4 is 5.32 Å². The maximum absolute atomic E-state index is 5.66. The van der Waals surface area contributed by atoms with Crippen molar-refractivity contribution >= 4 is 33.3 Å². The van der Waals surface area contributed by atoms with Gasteiger partial charge in [0, 0.05) is 17.5 Å². The molecule has 0 aliphatic rings. The summed E-state index contributed by atoms with van der Waals surface area (Å²) in [5.74, 6) is 1.59. The third-order valence-corrected chi connectivity index (χ3v) is 2.22. The van der Waals surface area contributed by atoms with E-state index >= 15 is 0 Å². The van der Waals surface area contributed by atoms with Crippen LogP contribution in [-0.4, -0.2) is 16.5 Å². The Kier molecular flexibility index (Phi) is 5.05. The van der Waals surface area contributed by atoms with Gasteiger partial charge >= 0.3 is 0 Å². The lowest BCUT2D eigenvalue weighted by Gasteiger charge is -2.06. The molecule has 0 spiro atoms. The van der Waals surface area contributed by atoms with Crippen LogP contribution in [0.25, 0.3) is 0 Å². The van der Waals surface area contributed by atoms with Gasteiger partial charge in [0.25, 0.3) is 0 Å². The van der Waals surface area contributed by atoms with E-state index in [1.54, 1.807) is 0 Å². The summed E-state index contributed by atoms with van der Waals surface area (Å²) in [7, 11) is 0. The molecule has 0 aliphatic carbocycles. The monoisotopic (exact) mass is 289 g/mol. The van der Waals surface area contributed by atoms with Crippen molar-refractivity contribution in [3.05, 3.63) is 28.1 Å². The van der Waals surface area contributed by atoms with Gasteiger partial charge < -0.3 is 5.32 Å². The zero-order valence-corrected chi connectivity index (χ0v) is 10.9.